The van der Waals surface area contributed by atoms with Gasteiger partial charge in [0.05, 0.1) is 11.4 Å². The van der Waals surface area contributed by atoms with Crippen LogP contribution in [0.1, 0.15) is 46.5 Å². The highest BCUT2D eigenvalue weighted by atomic mass is 19.1. The van der Waals surface area contributed by atoms with Gasteiger partial charge in [0.25, 0.3) is 0 Å². The Hall–Kier alpha value is -1.78. The summed E-state index contributed by atoms with van der Waals surface area (Å²) in [5.41, 5.74) is 0.624. The maximum absolute atomic E-state index is 13.6. The number of carbonyl (C=O) groups is 1. The highest BCUT2D eigenvalue weighted by molar-refractivity contribution is 5.89. The van der Waals surface area contributed by atoms with Crippen molar-refractivity contribution in [1.29, 1.82) is 0 Å². The average Bonchev–Trinajstić information content (AvgIpc) is 3.02. The molecule has 3 atom stereocenters. The van der Waals surface area contributed by atoms with Gasteiger partial charge in [-0.1, -0.05) is 6.42 Å². The third kappa shape index (κ3) is 3.95. The van der Waals surface area contributed by atoms with Crippen molar-refractivity contribution in [2.75, 3.05) is 10.6 Å². The number of nitrogens with one attached hydrogen (secondary N) is 2. The van der Waals surface area contributed by atoms with E-state index in [9.17, 15) is 9.18 Å². The molecule has 3 unspecified atom stereocenters. The Morgan fingerprint density at radius 2 is 2.00 bits per heavy atom. The summed E-state index contributed by atoms with van der Waals surface area (Å²) in [7, 11) is 0. The standard InChI is InChI=1S/C18H25FN2O2/c1-18(2,3)23-17(22)21-14-7-6-13(19)10-16(14)20-15-9-11-4-5-12(15)8-11/h6-7,10-12,15,20H,4-5,8-9H2,1-3H3,(H,21,22). The molecule has 1 amide bonds. The summed E-state index contributed by atoms with van der Waals surface area (Å²) < 4.78 is 18.9. The molecule has 2 fully saturated rings. The number of hydrogen-bond donors (Lipinski definition) is 2. The summed E-state index contributed by atoms with van der Waals surface area (Å²) >= 11 is 0. The predicted molar refractivity (Wildman–Crippen MR) is 89.1 cm³/mol. The molecule has 3 rings (SSSR count). The molecule has 126 valence electrons. The zero-order valence-corrected chi connectivity index (χ0v) is 14.0. The number of hydrogen-bond acceptors (Lipinski definition) is 3. The van der Waals surface area contributed by atoms with Crippen LogP contribution in [0.2, 0.25) is 0 Å². The van der Waals surface area contributed by atoms with Gasteiger partial charge in [-0.3, -0.25) is 5.32 Å². The lowest BCUT2D eigenvalue weighted by molar-refractivity contribution is 0.0636. The molecule has 2 aliphatic rings. The van der Waals surface area contributed by atoms with E-state index in [0.29, 0.717) is 23.3 Å². The fraction of sp³-hybridized carbons (Fsp3) is 0.611. The van der Waals surface area contributed by atoms with Gasteiger partial charge < -0.3 is 10.1 Å². The third-order valence-corrected chi connectivity index (χ3v) is 4.70. The van der Waals surface area contributed by atoms with Crippen molar-refractivity contribution < 1.29 is 13.9 Å². The monoisotopic (exact) mass is 320 g/mol. The van der Waals surface area contributed by atoms with E-state index in [2.05, 4.69) is 10.6 Å². The van der Waals surface area contributed by atoms with E-state index >= 15 is 0 Å². The van der Waals surface area contributed by atoms with Crippen molar-refractivity contribution in [3.05, 3.63) is 24.0 Å². The van der Waals surface area contributed by atoms with Crippen molar-refractivity contribution in [2.24, 2.45) is 11.8 Å². The van der Waals surface area contributed by atoms with Crippen molar-refractivity contribution in [3.63, 3.8) is 0 Å². The smallest absolute Gasteiger partial charge is 0.412 e. The van der Waals surface area contributed by atoms with E-state index in [0.717, 1.165) is 12.3 Å². The van der Waals surface area contributed by atoms with Gasteiger partial charge in [0.2, 0.25) is 0 Å². The lowest BCUT2D eigenvalue weighted by atomic mass is 9.95. The quantitative estimate of drug-likeness (QED) is 0.843. The summed E-state index contributed by atoms with van der Waals surface area (Å²) in [5.74, 6) is 1.15. The largest absolute Gasteiger partial charge is 0.444 e. The molecular weight excluding hydrogens is 295 g/mol. The molecule has 0 heterocycles. The summed E-state index contributed by atoms with van der Waals surface area (Å²) in [6.45, 7) is 5.43. The van der Waals surface area contributed by atoms with Crippen LogP contribution in [0.25, 0.3) is 0 Å². The van der Waals surface area contributed by atoms with Crippen molar-refractivity contribution in [1.82, 2.24) is 0 Å². The van der Waals surface area contributed by atoms with Crippen LogP contribution >= 0.6 is 0 Å². The maximum atomic E-state index is 13.6. The molecule has 2 bridgehead atoms. The van der Waals surface area contributed by atoms with Crippen molar-refractivity contribution >= 4 is 17.5 Å². The Morgan fingerprint density at radius 1 is 1.22 bits per heavy atom. The van der Waals surface area contributed by atoms with E-state index in [-0.39, 0.29) is 5.82 Å². The van der Waals surface area contributed by atoms with Crippen molar-refractivity contribution in [2.45, 2.75) is 58.1 Å². The molecule has 0 saturated heterocycles. The van der Waals surface area contributed by atoms with Gasteiger partial charge in [0.1, 0.15) is 11.4 Å². The van der Waals surface area contributed by atoms with E-state index in [1.54, 1.807) is 6.07 Å². The minimum atomic E-state index is -0.567. The minimum Gasteiger partial charge on any atom is -0.444 e. The Morgan fingerprint density at radius 3 is 2.61 bits per heavy atom. The number of halogens is 1. The van der Waals surface area contributed by atoms with Gasteiger partial charge in [0, 0.05) is 6.04 Å². The fourth-order valence-corrected chi connectivity index (χ4v) is 3.78. The lowest BCUT2D eigenvalue weighted by Crippen LogP contribution is -2.29. The highest BCUT2D eigenvalue weighted by Crippen LogP contribution is 2.46. The first-order chi connectivity index (χ1) is 10.8. The molecular formula is C18H25FN2O2. The van der Waals surface area contributed by atoms with E-state index in [1.165, 1.54) is 31.4 Å². The Bertz CT molecular complexity index is 597. The molecule has 2 N–H and O–H groups in total. The number of fused-ring (bicyclic) bond motifs is 2. The maximum Gasteiger partial charge on any atom is 0.412 e. The van der Waals surface area contributed by atoms with Crippen LogP contribution in [0.4, 0.5) is 20.6 Å². The zero-order chi connectivity index (χ0) is 16.6. The molecule has 5 heteroatoms. The molecule has 1 aromatic rings. The van der Waals surface area contributed by atoms with Gasteiger partial charge in [-0.2, -0.15) is 0 Å². The Balaban J connectivity index is 1.71. The number of ether oxygens (including phenoxy) is 1. The van der Waals surface area contributed by atoms with Gasteiger partial charge in [-0.05, 0) is 70.1 Å². The zero-order valence-electron chi connectivity index (χ0n) is 14.0. The van der Waals surface area contributed by atoms with Crippen LogP contribution < -0.4 is 10.6 Å². The molecule has 0 radical (unpaired) electrons. The summed E-state index contributed by atoms with van der Waals surface area (Å²) in [5, 5.41) is 6.16. The minimum absolute atomic E-state index is 0.314. The first kappa shape index (κ1) is 16.1. The van der Waals surface area contributed by atoms with E-state index < -0.39 is 11.7 Å². The van der Waals surface area contributed by atoms with Crippen LogP contribution in [0, 0.1) is 17.7 Å². The first-order valence-corrected chi connectivity index (χ1v) is 8.36. The Kier molecular flexibility index (Phi) is 4.21. The molecule has 0 spiro atoms. The first-order valence-electron chi connectivity index (χ1n) is 8.36. The van der Waals surface area contributed by atoms with Crippen LogP contribution in [-0.2, 0) is 4.74 Å². The number of amides is 1. The van der Waals surface area contributed by atoms with Crippen LogP contribution in [0.3, 0.4) is 0 Å². The van der Waals surface area contributed by atoms with Crippen LogP contribution in [0.5, 0.6) is 0 Å². The second kappa shape index (κ2) is 6.02. The SMILES string of the molecule is CC(C)(C)OC(=O)Nc1ccc(F)cc1NC1CC2CCC1C2. The van der Waals surface area contributed by atoms with E-state index in [4.69, 9.17) is 4.74 Å². The van der Waals surface area contributed by atoms with Gasteiger partial charge in [0.15, 0.2) is 0 Å². The number of benzene rings is 1. The number of carbonyl (C=O) groups excluding carboxylic acids is 1. The predicted octanol–water partition coefficient (Wildman–Crippen LogP) is 4.77. The highest BCUT2D eigenvalue weighted by Gasteiger charge is 2.39. The summed E-state index contributed by atoms with van der Waals surface area (Å²) in [6, 6.07) is 4.74. The number of anilines is 2. The molecule has 0 aromatic heterocycles. The summed E-state index contributed by atoms with van der Waals surface area (Å²) in [6.07, 6.45) is 4.43. The molecule has 1 aromatic carbocycles. The molecule has 4 nitrogen and oxygen atoms in total. The molecule has 0 aliphatic heterocycles. The Labute approximate surface area is 136 Å². The third-order valence-electron chi connectivity index (χ3n) is 4.70. The van der Waals surface area contributed by atoms with E-state index in [1.807, 2.05) is 20.8 Å². The fourth-order valence-electron chi connectivity index (χ4n) is 3.78. The average molecular weight is 320 g/mol. The van der Waals surface area contributed by atoms with Gasteiger partial charge in [-0.15, -0.1) is 0 Å². The second-order valence-corrected chi connectivity index (χ2v) is 7.74. The van der Waals surface area contributed by atoms with Crippen LogP contribution in [-0.4, -0.2) is 17.7 Å². The summed E-state index contributed by atoms with van der Waals surface area (Å²) in [4.78, 5) is 12.0. The molecule has 23 heavy (non-hydrogen) atoms. The molecule has 2 saturated carbocycles. The molecule has 2 aliphatic carbocycles. The second-order valence-electron chi connectivity index (χ2n) is 7.74. The topological polar surface area (TPSA) is 50.4 Å². The van der Waals surface area contributed by atoms with Gasteiger partial charge >= 0.3 is 6.09 Å². The number of rotatable bonds is 3. The lowest BCUT2D eigenvalue weighted by Gasteiger charge is -2.26. The normalized spacial score (nSPS) is 26.2. The van der Waals surface area contributed by atoms with Crippen molar-refractivity contribution in [3.8, 4) is 0 Å². The van der Waals surface area contributed by atoms with Gasteiger partial charge in [-0.25, -0.2) is 9.18 Å². The van der Waals surface area contributed by atoms with Crippen LogP contribution in [0.15, 0.2) is 18.2 Å².